The minimum Gasteiger partial charge on any atom is -0.423 e. The number of hydrogen-bond donors (Lipinski definition) is 0. The molecule has 0 spiro atoms. The summed E-state index contributed by atoms with van der Waals surface area (Å²) >= 11 is 0. The van der Waals surface area contributed by atoms with Crippen molar-refractivity contribution in [1.29, 1.82) is 0 Å². The van der Waals surface area contributed by atoms with Crippen LogP contribution in [0.4, 0.5) is 4.39 Å². The van der Waals surface area contributed by atoms with Crippen LogP contribution in [0.3, 0.4) is 0 Å². The van der Waals surface area contributed by atoms with Gasteiger partial charge < -0.3 is 18.9 Å². The molecule has 3 aromatic carbocycles. The monoisotopic (exact) mass is 604 g/mol. The number of halogens is 1. The molecule has 0 N–H and O–H groups in total. The van der Waals surface area contributed by atoms with Crippen LogP contribution in [0.2, 0.25) is 0 Å². The molecule has 0 aromatic heterocycles. The lowest BCUT2D eigenvalue weighted by atomic mass is 10.00. The molecule has 3 rings (SSSR count). The molecule has 0 aliphatic heterocycles. The molecule has 0 aliphatic carbocycles. The van der Waals surface area contributed by atoms with E-state index in [0.717, 1.165) is 18.2 Å². The summed E-state index contributed by atoms with van der Waals surface area (Å²) in [7, 11) is 0. The predicted octanol–water partition coefficient (Wildman–Crippen LogP) is 5.69. The molecule has 0 bridgehead atoms. The first-order valence-corrected chi connectivity index (χ1v) is 13.0. The van der Waals surface area contributed by atoms with Gasteiger partial charge in [-0.05, 0) is 62.4 Å². The summed E-state index contributed by atoms with van der Waals surface area (Å²) in [6.45, 7) is 16.6. The Hall–Kier alpha value is -6.45. The highest BCUT2D eigenvalue weighted by atomic mass is 19.1. The summed E-state index contributed by atoms with van der Waals surface area (Å²) in [6, 6.07) is 12.1. The fourth-order valence-electron chi connectivity index (χ4n) is 3.40. The Balaban J connectivity index is 2.15. The number of ether oxygens (including phenoxy) is 4. The SMILES string of the molecule is C=CC(=O)Oc1ccc(C#Cc2c(C)c(OC(=O)C=C)c(C#Cc3ccc(OC(=O)C(=C)C)cc3)c(F)c2OC(=O)C=C)cc1. The average molecular weight is 605 g/mol. The van der Waals surface area contributed by atoms with Gasteiger partial charge in [0.05, 0.1) is 5.56 Å². The fourth-order valence-corrected chi connectivity index (χ4v) is 3.40. The van der Waals surface area contributed by atoms with Gasteiger partial charge in [0, 0.05) is 40.5 Å². The van der Waals surface area contributed by atoms with Gasteiger partial charge in [-0.15, -0.1) is 0 Å². The highest BCUT2D eigenvalue weighted by Gasteiger charge is 2.26. The van der Waals surface area contributed by atoms with Gasteiger partial charge in [0.1, 0.15) is 17.1 Å². The van der Waals surface area contributed by atoms with Crippen molar-refractivity contribution in [3.63, 3.8) is 0 Å². The number of rotatable bonds is 8. The van der Waals surface area contributed by atoms with E-state index in [-0.39, 0.29) is 33.9 Å². The van der Waals surface area contributed by atoms with Gasteiger partial charge in [0.2, 0.25) is 0 Å². The number of carbonyl (C=O) groups is 4. The highest BCUT2D eigenvalue weighted by molar-refractivity contribution is 5.89. The second kappa shape index (κ2) is 15.1. The van der Waals surface area contributed by atoms with Crippen LogP contribution in [0.5, 0.6) is 23.0 Å². The van der Waals surface area contributed by atoms with E-state index in [2.05, 4.69) is 50.0 Å². The molecule has 0 fully saturated rings. The summed E-state index contributed by atoms with van der Waals surface area (Å²) in [5, 5.41) is 0. The van der Waals surface area contributed by atoms with Crippen LogP contribution >= 0.6 is 0 Å². The smallest absolute Gasteiger partial charge is 0.338 e. The summed E-state index contributed by atoms with van der Waals surface area (Å²) in [5.41, 5.74) is 0.668. The Labute approximate surface area is 259 Å². The quantitative estimate of drug-likeness (QED) is 0.140. The van der Waals surface area contributed by atoms with Crippen molar-refractivity contribution >= 4 is 23.9 Å². The molecule has 0 heterocycles. The Morgan fingerprint density at radius 3 is 1.53 bits per heavy atom. The van der Waals surface area contributed by atoms with Crippen LogP contribution in [0.25, 0.3) is 0 Å². The zero-order valence-corrected chi connectivity index (χ0v) is 24.3. The lowest BCUT2D eigenvalue weighted by molar-refractivity contribution is -0.130. The topological polar surface area (TPSA) is 105 Å². The van der Waals surface area contributed by atoms with Crippen molar-refractivity contribution in [3.05, 3.63) is 132 Å². The van der Waals surface area contributed by atoms with Crippen LogP contribution in [0.15, 0.2) is 98.6 Å². The molecular weight excluding hydrogens is 579 g/mol. The van der Waals surface area contributed by atoms with Crippen LogP contribution in [0, 0.1) is 36.4 Å². The Bertz CT molecular complexity index is 1860. The van der Waals surface area contributed by atoms with E-state index < -0.39 is 41.0 Å². The zero-order chi connectivity index (χ0) is 33.1. The molecule has 0 atom stereocenters. The summed E-state index contributed by atoms with van der Waals surface area (Å²) in [5.74, 6) is 6.39. The average Bonchev–Trinajstić information content (AvgIpc) is 3.03. The maximum absolute atomic E-state index is 16.1. The summed E-state index contributed by atoms with van der Waals surface area (Å²) in [4.78, 5) is 47.6. The number of carbonyl (C=O) groups excluding carboxylic acids is 4. The normalized spacial score (nSPS) is 9.58. The summed E-state index contributed by atoms with van der Waals surface area (Å²) < 4.78 is 36.9. The van der Waals surface area contributed by atoms with Crippen molar-refractivity contribution in [3.8, 4) is 46.7 Å². The lowest BCUT2D eigenvalue weighted by Gasteiger charge is -2.15. The summed E-state index contributed by atoms with van der Waals surface area (Å²) in [6.07, 6.45) is 2.74. The number of hydrogen-bond acceptors (Lipinski definition) is 8. The fraction of sp³-hybridized carbons (Fsp3) is 0.0556. The second-order valence-corrected chi connectivity index (χ2v) is 8.94. The molecule has 8 nitrogen and oxygen atoms in total. The molecule has 45 heavy (non-hydrogen) atoms. The first-order chi connectivity index (χ1) is 21.5. The van der Waals surface area contributed by atoms with Crippen molar-refractivity contribution in [1.82, 2.24) is 0 Å². The van der Waals surface area contributed by atoms with Crippen LogP contribution in [-0.4, -0.2) is 23.9 Å². The predicted molar refractivity (Wildman–Crippen MR) is 164 cm³/mol. The van der Waals surface area contributed by atoms with Crippen molar-refractivity contribution in [2.24, 2.45) is 0 Å². The molecule has 0 unspecified atom stereocenters. The standard InChI is InChI=1S/C36H25FO8/c1-7-30(38)42-26-16-10-24(11-17-26)14-20-28-23(6)34(44-31(39)8-2)29(33(37)35(28)45-32(40)9-3)21-15-25-12-18-27(19-13-25)43-36(41)22(4)5/h7-13,16-19H,1-4H2,5-6H3. The molecule has 0 radical (unpaired) electrons. The third kappa shape index (κ3) is 8.77. The van der Waals surface area contributed by atoms with Crippen molar-refractivity contribution in [2.45, 2.75) is 13.8 Å². The van der Waals surface area contributed by atoms with Gasteiger partial charge in [0.25, 0.3) is 0 Å². The van der Waals surface area contributed by atoms with Crippen molar-refractivity contribution in [2.75, 3.05) is 0 Å². The largest absolute Gasteiger partial charge is 0.423 e. The highest BCUT2D eigenvalue weighted by Crippen LogP contribution is 2.37. The van der Waals surface area contributed by atoms with E-state index in [1.807, 2.05) is 0 Å². The molecule has 9 heteroatoms. The third-order valence-electron chi connectivity index (χ3n) is 5.64. The van der Waals surface area contributed by atoms with E-state index in [9.17, 15) is 19.2 Å². The first kappa shape index (κ1) is 33.1. The molecule has 0 amide bonds. The Morgan fingerprint density at radius 1 is 0.644 bits per heavy atom. The maximum atomic E-state index is 16.1. The van der Waals surface area contributed by atoms with Gasteiger partial charge in [0.15, 0.2) is 17.3 Å². The molecule has 0 saturated carbocycles. The number of benzene rings is 3. The van der Waals surface area contributed by atoms with Crippen LogP contribution in [0.1, 0.15) is 34.7 Å². The molecule has 0 saturated heterocycles. The van der Waals surface area contributed by atoms with Gasteiger partial charge in [-0.2, -0.15) is 0 Å². The van der Waals surface area contributed by atoms with Gasteiger partial charge >= 0.3 is 23.9 Å². The van der Waals surface area contributed by atoms with E-state index in [4.69, 9.17) is 18.9 Å². The third-order valence-corrected chi connectivity index (χ3v) is 5.64. The van der Waals surface area contributed by atoms with Gasteiger partial charge in [-0.1, -0.05) is 50.0 Å². The molecular formula is C36H25FO8. The molecule has 224 valence electrons. The maximum Gasteiger partial charge on any atom is 0.338 e. The van der Waals surface area contributed by atoms with E-state index in [0.29, 0.717) is 11.1 Å². The van der Waals surface area contributed by atoms with Gasteiger partial charge in [-0.3, -0.25) is 0 Å². The molecule has 3 aromatic rings. The lowest BCUT2D eigenvalue weighted by Crippen LogP contribution is -2.12. The van der Waals surface area contributed by atoms with Gasteiger partial charge in [-0.25, -0.2) is 23.6 Å². The molecule has 0 aliphatic rings. The second-order valence-electron chi connectivity index (χ2n) is 8.94. The Morgan fingerprint density at radius 2 is 1.07 bits per heavy atom. The minimum absolute atomic E-state index is 0.106. The van der Waals surface area contributed by atoms with E-state index >= 15 is 4.39 Å². The van der Waals surface area contributed by atoms with Crippen LogP contribution in [-0.2, 0) is 19.2 Å². The van der Waals surface area contributed by atoms with E-state index in [1.165, 1.54) is 50.2 Å². The van der Waals surface area contributed by atoms with Crippen LogP contribution < -0.4 is 18.9 Å². The zero-order valence-electron chi connectivity index (χ0n) is 24.3. The first-order valence-electron chi connectivity index (χ1n) is 13.0. The number of esters is 4. The van der Waals surface area contributed by atoms with E-state index in [1.54, 1.807) is 12.1 Å². The Kier molecular flexibility index (Phi) is 11.1. The van der Waals surface area contributed by atoms with Crippen molar-refractivity contribution < 1.29 is 42.5 Å². The minimum atomic E-state index is -1.13.